The van der Waals surface area contributed by atoms with E-state index in [1.54, 1.807) is 37.8 Å². The number of nitrogens with two attached hydrogens (primary N) is 1. The molecule has 2 N–H and O–H groups in total. The van der Waals surface area contributed by atoms with Gasteiger partial charge in [0.1, 0.15) is 5.76 Å². The molecule has 0 aliphatic carbocycles. The van der Waals surface area contributed by atoms with Gasteiger partial charge < -0.3 is 15.4 Å². The highest BCUT2D eigenvalue weighted by atomic mass is 35.5. The lowest BCUT2D eigenvalue weighted by atomic mass is 10.0. The average Bonchev–Trinajstić information content (AvgIpc) is 3.23. The molecule has 2 aromatic rings. The van der Waals surface area contributed by atoms with Gasteiger partial charge in [0.2, 0.25) is 5.91 Å². The van der Waals surface area contributed by atoms with E-state index in [1.807, 2.05) is 21.6 Å². The Morgan fingerprint density at radius 2 is 2.12 bits per heavy atom. The van der Waals surface area contributed by atoms with Crippen LogP contribution in [0.2, 0.25) is 5.02 Å². The van der Waals surface area contributed by atoms with E-state index in [2.05, 4.69) is 4.98 Å². The Balaban J connectivity index is 2.10. The van der Waals surface area contributed by atoms with Crippen LogP contribution in [0.25, 0.3) is 5.70 Å². The SMILES string of the molecule is CC(C(N)=O)C1=C(c2ccc(Cl)cc2)N(CCCl)C(n2ccnc2)O1. The molecule has 0 fully saturated rings. The second-order valence-electron chi connectivity index (χ2n) is 5.68. The van der Waals surface area contributed by atoms with E-state index in [0.29, 0.717) is 23.2 Å². The summed E-state index contributed by atoms with van der Waals surface area (Å²) in [5, 5.41) is 0.628. The fourth-order valence-corrected chi connectivity index (χ4v) is 3.08. The third kappa shape index (κ3) is 3.45. The van der Waals surface area contributed by atoms with Crippen LogP contribution < -0.4 is 5.73 Å². The Morgan fingerprint density at radius 3 is 2.68 bits per heavy atom. The molecule has 0 bridgehead atoms. The van der Waals surface area contributed by atoms with Crippen molar-refractivity contribution < 1.29 is 9.53 Å². The van der Waals surface area contributed by atoms with Crippen molar-refractivity contribution in [1.82, 2.24) is 14.5 Å². The van der Waals surface area contributed by atoms with Crippen LogP contribution in [0.1, 0.15) is 18.8 Å². The Morgan fingerprint density at radius 1 is 1.40 bits per heavy atom. The van der Waals surface area contributed by atoms with Crippen molar-refractivity contribution in [2.45, 2.75) is 13.3 Å². The van der Waals surface area contributed by atoms with Gasteiger partial charge in [-0.2, -0.15) is 0 Å². The molecule has 3 rings (SSSR count). The van der Waals surface area contributed by atoms with Gasteiger partial charge >= 0.3 is 0 Å². The molecule has 132 valence electrons. The molecule has 6 nitrogen and oxygen atoms in total. The molecular weight excluding hydrogens is 363 g/mol. The van der Waals surface area contributed by atoms with Crippen molar-refractivity contribution >= 4 is 34.8 Å². The largest absolute Gasteiger partial charge is 0.453 e. The van der Waals surface area contributed by atoms with E-state index in [1.165, 1.54) is 0 Å². The third-order valence-corrected chi connectivity index (χ3v) is 4.48. The van der Waals surface area contributed by atoms with Crippen molar-refractivity contribution in [2.24, 2.45) is 11.7 Å². The zero-order chi connectivity index (χ0) is 18.0. The number of carbonyl (C=O) groups is 1. The van der Waals surface area contributed by atoms with Gasteiger partial charge in [0.25, 0.3) is 6.35 Å². The molecule has 0 spiro atoms. The number of halogens is 2. The normalized spacial score (nSPS) is 18.4. The molecule has 1 aromatic carbocycles. The van der Waals surface area contributed by atoms with Gasteiger partial charge in [-0.3, -0.25) is 9.36 Å². The fraction of sp³-hybridized carbons (Fsp3) is 0.294. The number of nitrogens with zero attached hydrogens (tertiary/aromatic N) is 3. The standard InChI is InChI=1S/C17H18Cl2N4O2/c1-11(16(20)24)15-14(12-2-4-13(19)5-3-12)23(8-6-18)17(25-15)22-9-7-21-10-22/h2-5,7,9-11,17H,6,8H2,1H3,(H2,20,24). The summed E-state index contributed by atoms with van der Waals surface area (Å²) in [7, 11) is 0. The zero-order valence-corrected chi connectivity index (χ0v) is 15.1. The molecule has 2 atom stereocenters. The lowest BCUT2D eigenvalue weighted by Gasteiger charge is -2.27. The van der Waals surface area contributed by atoms with E-state index in [9.17, 15) is 4.79 Å². The van der Waals surface area contributed by atoms with E-state index in [4.69, 9.17) is 33.7 Å². The number of ether oxygens (including phenoxy) is 1. The lowest BCUT2D eigenvalue weighted by Crippen LogP contribution is -2.29. The number of imidazole rings is 1. The quantitative estimate of drug-likeness (QED) is 0.781. The summed E-state index contributed by atoms with van der Waals surface area (Å²) in [6.07, 6.45) is 4.63. The van der Waals surface area contributed by atoms with Gasteiger partial charge in [-0.25, -0.2) is 4.98 Å². The van der Waals surface area contributed by atoms with Crippen molar-refractivity contribution in [3.8, 4) is 0 Å². The van der Waals surface area contributed by atoms with Crippen LogP contribution in [0.4, 0.5) is 0 Å². The summed E-state index contributed by atoms with van der Waals surface area (Å²) in [6, 6.07) is 7.35. The number of hydrogen-bond acceptors (Lipinski definition) is 4. The van der Waals surface area contributed by atoms with E-state index in [-0.39, 0.29) is 0 Å². The first-order valence-electron chi connectivity index (χ1n) is 7.79. The highest BCUT2D eigenvalue weighted by molar-refractivity contribution is 6.30. The Bertz CT molecular complexity index is 774. The summed E-state index contributed by atoms with van der Waals surface area (Å²) >= 11 is 12.0. The van der Waals surface area contributed by atoms with Crippen LogP contribution in [-0.2, 0) is 9.53 Å². The first-order valence-corrected chi connectivity index (χ1v) is 8.70. The highest BCUT2D eigenvalue weighted by Crippen LogP contribution is 2.41. The predicted molar refractivity (Wildman–Crippen MR) is 96.5 cm³/mol. The molecule has 2 unspecified atom stereocenters. The van der Waals surface area contributed by atoms with Crippen molar-refractivity contribution in [3.05, 3.63) is 59.3 Å². The van der Waals surface area contributed by atoms with Gasteiger partial charge in [-0.15, -0.1) is 11.6 Å². The topological polar surface area (TPSA) is 73.4 Å². The maximum Gasteiger partial charge on any atom is 0.257 e. The van der Waals surface area contributed by atoms with E-state index < -0.39 is 18.2 Å². The summed E-state index contributed by atoms with van der Waals surface area (Å²) < 4.78 is 7.94. The Hall–Kier alpha value is -2.18. The van der Waals surface area contributed by atoms with Gasteiger partial charge in [0.15, 0.2) is 0 Å². The molecule has 0 radical (unpaired) electrons. The van der Waals surface area contributed by atoms with Crippen LogP contribution in [0.5, 0.6) is 0 Å². The van der Waals surface area contributed by atoms with Gasteiger partial charge in [-0.05, 0) is 19.1 Å². The summed E-state index contributed by atoms with van der Waals surface area (Å²) in [6.45, 7) is 2.25. The summed E-state index contributed by atoms with van der Waals surface area (Å²) in [5.74, 6) is -0.140. The molecule has 1 aromatic heterocycles. The molecule has 1 aliphatic heterocycles. The molecular formula is C17H18Cl2N4O2. The van der Waals surface area contributed by atoms with Crippen molar-refractivity contribution in [1.29, 1.82) is 0 Å². The maximum absolute atomic E-state index is 11.8. The van der Waals surface area contributed by atoms with Crippen LogP contribution in [0.15, 0.2) is 48.7 Å². The number of primary amides is 1. The Kier molecular flexibility index (Phi) is 5.20. The number of aromatic nitrogens is 2. The first-order chi connectivity index (χ1) is 12.0. The zero-order valence-electron chi connectivity index (χ0n) is 13.6. The smallest absolute Gasteiger partial charge is 0.257 e. The minimum Gasteiger partial charge on any atom is -0.453 e. The van der Waals surface area contributed by atoms with Crippen LogP contribution in [0, 0.1) is 5.92 Å². The highest BCUT2D eigenvalue weighted by Gasteiger charge is 2.38. The molecule has 0 saturated heterocycles. The van der Waals surface area contributed by atoms with Gasteiger partial charge in [-0.1, -0.05) is 23.7 Å². The van der Waals surface area contributed by atoms with Crippen molar-refractivity contribution in [2.75, 3.05) is 12.4 Å². The monoisotopic (exact) mass is 380 g/mol. The minimum absolute atomic E-state index is 0.393. The lowest BCUT2D eigenvalue weighted by molar-refractivity contribution is -0.122. The second kappa shape index (κ2) is 7.37. The number of amides is 1. The molecule has 0 saturated carbocycles. The Labute approximate surface area is 155 Å². The summed E-state index contributed by atoms with van der Waals surface area (Å²) in [4.78, 5) is 17.9. The maximum atomic E-state index is 11.8. The van der Waals surface area contributed by atoms with Crippen LogP contribution in [-0.4, -0.2) is 32.8 Å². The van der Waals surface area contributed by atoms with Gasteiger partial charge in [0.05, 0.1) is 17.9 Å². The van der Waals surface area contributed by atoms with E-state index in [0.717, 1.165) is 11.3 Å². The average molecular weight is 381 g/mol. The minimum atomic E-state index is -0.586. The second-order valence-corrected chi connectivity index (χ2v) is 6.49. The molecule has 8 heteroatoms. The third-order valence-electron chi connectivity index (χ3n) is 4.06. The number of carbonyl (C=O) groups excluding carboxylic acids is 1. The number of hydrogen-bond donors (Lipinski definition) is 1. The van der Waals surface area contributed by atoms with Gasteiger partial charge in [0, 0.05) is 35.4 Å². The molecule has 1 amide bonds. The predicted octanol–water partition coefficient (Wildman–Crippen LogP) is 3.05. The fourth-order valence-electron chi connectivity index (χ4n) is 2.77. The van der Waals surface area contributed by atoms with E-state index >= 15 is 0 Å². The molecule has 2 heterocycles. The molecule has 1 aliphatic rings. The van der Waals surface area contributed by atoms with Crippen LogP contribution in [0.3, 0.4) is 0 Å². The van der Waals surface area contributed by atoms with Crippen LogP contribution >= 0.6 is 23.2 Å². The molecule has 25 heavy (non-hydrogen) atoms. The number of rotatable bonds is 6. The summed E-state index contributed by atoms with van der Waals surface area (Å²) in [5.41, 5.74) is 7.18. The van der Waals surface area contributed by atoms with Crippen molar-refractivity contribution in [3.63, 3.8) is 0 Å². The number of benzene rings is 1. The first kappa shape index (κ1) is 17.6. The number of alkyl halides is 1.